The fourth-order valence-electron chi connectivity index (χ4n) is 1.05. The topological polar surface area (TPSA) is 60.4 Å². The lowest BCUT2D eigenvalue weighted by molar-refractivity contribution is -0.140. The largest absolute Gasteiger partial charge is 0.464 e. The number of ether oxygens (including phenoxy) is 1. The highest BCUT2D eigenvalue weighted by molar-refractivity contribution is 8.25. The number of carbonyl (C=O) groups is 3. The molecule has 0 saturated heterocycles. The van der Waals surface area contributed by atoms with Crippen molar-refractivity contribution in [2.75, 3.05) is 12.4 Å². The first-order valence-electron chi connectivity index (χ1n) is 5.40. The van der Waals surface area contributed by atoms with Gasteiger partial charge in [0.2, 0.25) is 0 Å². The summed E-state index contributed by atoms with van der Waals surface area (Å²) in [6.45, 7) is 6.53. The van der Waals surface area contributed by atoms with Crippen LogP contribution in [0, 0.1) is 0 Å². The molecule has 0 aromatic carbocycles. The van der Waals surface area contributed by atoms with Crippen molar-refractivity contribution in [2.24, 2.45) is 0 Å². The molecule has 0 bridgehead atoms. The molecule has 2 atom stereocenters. The van der Waals surface area contributed by atoms with Crippen LogP contribution >= 0.6 is 35.3 Å². The van der Waals surface area contributed by atoms with Crippen molar-refractivity contribution in [3.05, 3.63) is 0 Å². The van der Waals surface area contributed by atoms with Crippen molar-refractivity contribution in [1.29, 1.82) is 0 Å². The van der Waals surface area contributed by atoms with E-state index >= 15 is 0 Å². The molecule has 0 fully saturated rings. The van der Waals surface area contributed by atoms with Crippen LogP contribution in [-0.4, -0.2) is 38.4 Å². The van der Waals surface area contributed by atoms with E-state index in [9.17, 15) is 14.4 Å². The van der Waals surface area contributed by atoms with E-state index in [-0.39, 0.29) is 32.6 Å². The Morgan fingerprint density at radius 3 is 2.06 bits per heavy atom. The fraction of sp³-hybridized carbons (Fsp3) is 0.727. The van der Waals surface area contributed by atoms with E-state index in [2.05, 4.69) is 0 Å². The summed E-state index contributed by atoms with van der Waals surface area (Å²) in [5, 5.41) is 0.255. The summed E-state index contributed by atoms with van der Waals surface area (Å²) in [7, 11) is 0. The third kappa shape index (κ3) is 11.0. The van der Waals surface area contributed by atoms with Gasteiger partial charge in [-0.25, -0.2) is 0 Å². The molecule has 18 heavy (non-hydrogen) atoms. The van der Waals surface area contributed by atoms with Gasteiger partial charge in [-0.3, -0.25) is 14.4 Å². The van der Waals surface area contributed by atoms with Crippen LogP contribution in [0.3, 0.4) is 0 Å². The minimum Gasteiger partial charge on any atom is -0.464 e. The summed E-state index contributed by atoms with van der Waals surface area (Å²) >= 11 is 3.97. The van der Waals surface area contributed by atoms with Crippen molar-refractivity contribution < 1.29 is 19.1 Å². The Morgan fingerprint density at radius 1 is 1.06 bits per heavy atom. The molecule has 0 aliphatic carbocycles. The van der Waals surface area contributed by atoms with Crippen LogP contribution < -0.4 is 0 Å². The van der Waals surface area contributed by atoms with Gasteiger partial charge in [-0.15, -0.1) is 11.8 Å². The van der Waals surface area contributed by atoms with Crippen LogP contribution in [0.25, 0.3) is 0 Å². The normalized spacial score (nSPS) is 13.8. The SMILES string of the molecule is CC(=O)OCC(SCC(C)SC(C)=O)SC(C)=O. The third-order valence-electron chi connectivity index (χ3n) is 1.60. The molecule has 0 N–H and O–H groups in total. The smallest absolute Gasteiger partial charge is 0.302 e. The Labute approximate surface area is 120 Å². The van der Waals surface area contributed by atoms with Crippen LogP contribution in [0.5, 0.6) is 0 Å². The number of rotatable bonds is 7. The number of carbonyl (C=O) groups excluding carboxylic acids is 3. The van der Waals surface area contributed by atoms with E-state index in [4.69, 9.17) is 4.74 Å². The van der Waals surface area contributed by atoms with Gasteiger partial charge in [-0.2, -0.15) is 0 Å². The summed E-state index contributed by atoms with van der Waals surface area (Å²) < 4.78 is 4.80. The molecular formula is C11H18O4S3. The molecule has 0 radical (unpaired) electrons. The number of hydrogen-bond donors (Lipinski definition) is 0. The zero-order valence-corrected chi connectivity index (χ0v) is 13.4. The highest BCUT2D eigenvalue weighted by Crippen LogP contribution is 2.28. The monoisotopic (exact) mass is 310 g/mol. The van der Waals surface area contributed by atoms with Gasteiger partial charge in [-0.1, -0.05) is 30.4 Å². The second kappa shape index (κ2) is 9.75. The van der Waals surface area contributed by atoms with E-state index in [1.807, 2.05) is 6.92 Å². The maximum Gasteiger partial charge on any atom is 0.302 e. The number of thioether (sulfide) groups is 3. The van der Waals surface area contributed by atoms with Crippen LogP contribution in [-0.2, 0) is 19.1 Å². The molecule has 0 aliphatic heterocycles. The van der Waals surface area contributed by atoms with Gasteiger partial charge in [0, 0.05) is 31.8 Å². The minimum atomic E-state index is -0.351. The van der Waals surface area contributed by atoms with Crippen LogP contribution in [0.4, 0.5) is 0 Å². The van der Waals surface area contributed by atoms with E-state index < -0.39 is 0 Å². The Morgan fingerprint density at radius 2 is 1.61 bits per heavy atom. The Bertz CT molecular complexity index is 307. The van der Waals surface area contributed by atoms with Gasteiger partial charge in [0.05, 0.1) is 4.58 Å². The maximum absolute atomic E-state index is 11.1. The van der Waals surface area contributed by atoms with E-state index in [0.717, 1.165) is 17.5 Å². The van der Waals surface area contributed by atoms with Gasteiger partial charge in [0.1, 0.15) is 6.61 Å². The second-order valence-corrected chi connectivity index (χ2v) is 8.12. The molecule has 0 aliphatic rings. The zero-order chi connectivity index (χ0) is 14.1. The first-order valence-corrected chi connectivity index (χ1v) is 8.21. The van der Waals surface area contributed by atoms with Crippen molar-refractivity contribution >= 4 is 51.5 Å². The average Bonchev–Trinajstić information content (AvgIpc) is 2.20. The lowest BCUT2D eigenvalue weighted by Gasteiger charge is -2.16. The minimum absolute atomic E-state index is 0.00785. The molecule has 2 unspecified atom stereocenters. The molecule has 0 saturated carbocycles. The van der Waals surface area contributed by atoms with E-state index in [0.29, 0.717) is 0 Å². The molecule has 0 rings (SSSR count). The molecule has 0 heterocycles. The molecule has 104 valence electrons. The number of esters is 1. The summed E-state index contributed by atoms with van der Waals surface area (Å²) in [6.07, 6.45) is 0. The lowest BCUT2D eigenvalue weighted by atomic mass is 10.6. The average molecular weight is 310 g/mol. The van der Waals surface area contributed by atoms with Gasteiger partial charge in [0.25, 0.3) is 0 Å². The van der Waals surface area contributed by atoms with Gasteiger partial charge in [0.15, 0.2) is 10.2 Å². The predicted molar refractivity (Wildman–Crippen MR) is 78.9 cm³/mol. The second-order valence-electron chi connectivity index (χ2n) is 3.59. The summed E-state index contributed by atoms with van der Waals surface area (Å²) in [5.74, 6) is 0.382. The van der Waals surface area contributed by atoms with Gasteiger partial charge < -0.3 is 4.74 Å². The molecule has 4 nitrogen and oxygen atoms in total. The van der Waals surface area contributed by atoms with Gasteiger partial charge >= 0.3 is 5.97 Å². The standard InChI is InChI=1S/C11H18O4S3/c1-7(17-9(3)13)6-16-11(18-10(4)14)5-15-8(2)12/h7,11H,5-6H2,1-4H3. The highest BCUT2D eigenvalue weighted by Gasteiger charge is 2.17. The van der Waals surface area contributed by atoms with E-state index in [1.165, 1.54) is 44.3 Å². The molecule has 0 spiro atoms. The highest BCUT2D eigenvalue weighted by atomic mass is 32.2. The summed E-state index contributed by atoms with van der Waals surface area (Å²) in [5.41, 5.74) is 0. The Hall–Kier alpha value is -0.140. The summed E-state index contributed by atoms with van der Waals surface area (Å²) in [6, 6.07) is 0. The van der Waals surface area contributed by atoms with Crippen LogP contribution in [0.15, 0.2) is 0 Å². The van der Waals surface area contributed by atoms with Crippen molar-refractivity contribution in [3.8, 4) is 0 Å². The molecule has 0 aromatic rings. The van der Waals surface area contributed by atoms with Crippen molar-refractivity contribution in [1.82, 2.24) is 0 Å². The molecule has 0 aromatic heterocycles. The fourth-order valence-corrected chi connectivity index (χ4v) is 4.19. The Kier molecular flexibility index (Phi) is 9.67. The molecular weight excluding hydrogens is 292 g/mol. The first-order chi connectivity index (χ1) is 8.31. The molecule has 0 amide bonds. The quantitative estimate of drug-likeness (QED) is 0.529. The third-order valence-corrected chi connectivity index (χ3v) is 5.34. The van der Waals surface area contributed by atoms with Gasteiger partial charge in [-0.05, 0) is 0 Å². The van der Waals surface area contributed by atoms with Crippen molar-refractivity contribution in [2.45, 2.75) is 37.5 Å². The lowest BCUT2D eigenvalue weighted by Crippen LogP contribution is -2.15. The Balaban J connectivity index is 4.10. The van der Waals surface area contributed by atoms with Crippen LogP contribution in [0.2, 0.25) is 0 Å². The van der Waals surface area contributed by atoms with E-state index in [1.54, 1.807) is 0 Å². The number of hydrogen-bond acceptors (Lipinski definition) is 7. The summed E-state index contributed by atoms with van der Waals surface area (Å²) in [4.78, 5) is 32.7. The van der Waals surface area contributed by atoms with Crippen molar-refractivity contribution in [3.63, 3.8) is 0 Å². The maximum atomic E-state index is 11.1. The zero-order valence-electron chi connectivity index (χ0n) is 10.9. The first kappa shape index (κ1) is 17.9. The molecule has 7 heteroatoms. The predicted octanol–water partition coefficient (Wildman–Crippen LogP) is 2.56. The van der Waals surface area contributed by atoms with Crippen LogP contribution in [0.1, 0.15) is 27.7 Å².